The number of Topliss-reactive ketones (excluding diaryl/α,β-unsaturated/α-hetero) is 1. The van der Waals surface area contributed by atoms with Crippen molar-refractivity contribution in [2.75, 3.05) is 20.8 Å². The summed E-state index contributed by atoms with van der Waals surface area (Å²) in [4.78, 5) is 27.7. The lowest BCUT2D eigenvalue weighted by molar-refractivity contribution is -0.139. The van der Waals surface area contributed by atoms with E-state index in [1.807, 2.05) is 42.5 Å². The predicted octanol–water partition coefficient (Wildman–Crippen LogP) is 4.37. The Morgan fingerprint density at radius 1 is 0.848 bits per heavy atom. The Hall–Kier alpha value is -4.06. The van der Waals surface area contributed by atoms with Crippen LogP contribution < -0.4 is 9.47 Å². The normalized spacial score (nSPS) is 17.3. The molecule has 33 heavy (non-hydrogen) atoms. The first-order valence-electron chi connectivity index (χ1n) is 10.6. The molecule has 1 aliphatic heterocycles. The summed E-state index contributed by atoms with van der Waals surface area (Å²) in [6, 6.07) is 23.0. The van der Waals surface area contributed by atoms with E-state index >= 15 is 0 Å². The van der Waals surface area contributed by atoms with Crippen LogP contribution in [0.3, 0.4) is 0 Å². The van der Waals surface area contributed by atoms with Crippen molar-refractivity contribution in [1.29, 1.82) is 0 Å². The summed E-state index contributed by atoms with van der Waals surface area (Å²) in [6.45, 7) is 0.338. The molecule has 4 rings (SSSR count). The molecule has 1 N–H and O–H groups in total. The summed E-state index contributed by atoms with van der Waals surface area (Å²) in [7, 11) is 3.13. The SMILES string of the molecule is COc1ccc(C(O)=C2C(=O)C(=O)N(CCc3ccccc3)C2c2ccc(OC)cc2)cc1. The Labute approximate surface area is 192 Å². The Kier molecular flexibility index (Phi) is 6.45. The van der Waals surface area contributed by atoms with E-state index in [2.05, 4.69) is 0 Å². The highest BCUT2D eigenvalue weighted by atomic mass is 16.5. The van der Waals surface area contributed by atoms with Gasteiger partial charge in [-0.15, -0.1) is 0 Å². The molecule has 0 bridgehead atoms. The van der Waals surface area contributed by atoms with Crippen LogP contribution >= 0.6 is 0 Å². The minimum atomic E-state index is -0.707. The van der Waals surface area contributed by atoms with E-state index in [0.29, 0.717) is 30.0 Å². The predicted molar refractivity (Wildman–Crippen MR) is 125 cm³/mol. The standard InChI is InChI=1S/C27H25NO5/c1-32-21-12-8-19(9-13-21)24-23(25(29)20-10-14-22(33-2)15-11-20)26(30)27(31)28(24)17-16-18-6-4-3-5-7-18/h3-15,24,29H,16-17H2,1-2H3. The molecule has 3 aromatic carbocycles. The number of nitrogens with zero attached hydrogens (tertiary/aromatic N) is 1. The van der Waals surface area contributed by atoms with Crippen molar-refractivity contribution >= 4 is 17.4 Å². The lowest BCUT2D eigenvalue weighted by atomic mass is 9.95. The molecule has 0 spiro atoms. The van der Waals surface area contributed by atoms with Crippen LogP contribution in [-0.2, 0) is 16.0 Å². The van der Waals surface area contributed by atoms with Gasteiger partial charge in [-0.3, -0.25) is 9.59 Å². The second-order valence-electron chi connectivity index (χ2n) is 7.73. The molecular formula is C27H25NO5. The summed E-state index contributed by atoms with van der Waals surface area (Å²) in [5, 5.41) is 11.1. The van der Waals surface area contributed by atoms with Gasteiger partial charge in [-0.2, -0.15) is 0 Å². The number of rotatable bonds is 7. The molecule has 1 atom stereocenters. The first-order chi connectivity index (χ1) is 16.0. The summed E-state index contributed by atoms with van der Waals surface area (Å²) in [5.74, 6) is -0.241. The average Bonchev–Trinajstić information content (AvgIpc) is 3.12. The average molecular weight is 443 g/mol. The molecule has 1 aliphatic rings. The molecular weight excluding hydrogens is 418 g/mol. The minimum absolute atomic E-state index is 0.0726. The van der Waals surface area contributed by atoms with Crippen LogP contribution in [0.1, 0.15) is 22.7 Å². The van der Waals surface area contributed by atoms with Crippen LogP contribution in [0.25, 0.3) is 5.76 Å². The Morgan fingerprint density at radius 2 is 1.42 bits per heavy atom. The van der Waals surface area contributed by atoms with Gasteiger partial charge >= 0.3 is 0 Å². The number of methoxy groups -OCH3 is 2. The van der Waals surface area contributed by atoms with E-state index in [4.69, 9.17) is 9.47 Å². The van der Waals surface area contributed by atoms with Gasteiger partial charge in [0.1, 0.15) is 17.3 Å². The third-order valence-electron chi connectivity index (χ3n) is 5.82. The quantitative estimate of drug-likeness (QED) is 0.333. The van der Waals surface area contributed by atoms with Crippen LogP contribution in [-0.4, -0.2) is 42.5 Å². The molecule has 0 aliphatic carbocycles. The fourth-order valence-corrected chi connectivity index (χ4v) is 4.04. The van der Waals surface area contributed by atoms with E-state index in [1.54, 1.807) is 50.6 Å². The second-order valence-corrected chi connectivity index (χ2v) is 7.73. The third kappa shape index (κ3) is 4.46. The molecule has 6 nitrogen and oxygen atoms in total. The molecule has 3 aromatic rings. The lowest BCUT2D eigenvalue weighted by Crippen LogP contribution is -2.31. The number of ether oxygens (including phenoxy) is 2. The van der Waals surface area contributed by atoms with E-state index in [0.717, 1.165) is 11.1 Å². The number of likely N-dealkylation sites (tertiary alicyclic amines) is 1. The molecule has 1 amide bonds. The van der Waals surface area contributed by atoms with E-state index < -0.39 is 17.7 Å². The van der Waals surface area contributed by atoms with Crippen molar-refractivity contribution in [2.45, 2.75) is 12.5 Å². The number of ketones is 1. The van der Waals surface area contributed by atoms with Gasteiger partial charge in [0, 0.05) is 12.1 Å². The maximum Gasteiger partial charge on any atom is 0.295 e. The monoisotopic (exact) mass is 443 g/mol. The first kappa shape index (κ1) is 22.1. The van der Waals surface area contributed by atoms with E-state index in [-0.39, 0.29) is 11.3 Å². The van der Waals surface area contributed by atoms with Gasteiger partial charge in [0.25, 0.3) is 11.7 Å². The number of benzene rings is 3. The van der Waals surface area contributed by atoms with Gasteiger partial charge in [-0.25, -0.2) is 0 Å². The summed E-state index contributed by atoms with van der Waals surface area (Å²) in [5.41, 5.74) is 2.29. The van der Waals surface area contributed by atoms with Crippen LogP contribution in [0.4, 0.5) is 0 Å². The Morgan fingerprint density at radius 3 is 2.00 bits per heavy atom. The summed E-state index contributed by atoms with van der Waals surface area (Å²) < 4.78 is 10.4. The fourth-order valence-electron chi connectivity index (χ4n) is 4.04. The zero-order valence-electron chi connectivity index (χ0n) is 18.5. The number of hydrogen-bond acceptors (Lipinski definition) is 5. The molecule has 1 unspecified atom stereocenters. The maximum absolute atomic E-state index is 13.1. The van der Waals surface area contributed by atoms with Crippen LogP contribution in [0.15, 0.2) is 84.4 Å². The zero-order valence-corrected chi connectivity index (χ0v) is 18.5. The molecule has 1 heterocycles. The lowest BCUT2D eigenvalue weighted by Gasteiger charge is -2.25. The summed E-state index contributed by atoms with van der Waals surface area (Å²) in [6.07, 6.45) is 0.586. The molecule has 0 radical (unpaired) electrons. The van der Waals surface area contributed by atoms with E-state index in [9.17, 15) is 14.7 Å². The number of aliphatic hydroxyl groups is 1. The minimum Gasteiger partial charge on any atom is -0.507 e. The van der Waals surface area contributed by atoms with Crippen LogP contribution in [0.5, 0.6) is 11.5 Å². The summed E-state index contributed by atoms with van der Waals surface area (Å²) >= 11 is 0. The highest BCUT2D eigenvalue weighted by molar-refractivity contribution is 6.46. The van der Waals surface area contributed by atoms with Gasteiger partial charge in [-0.1, -0.05) is 42.5 Å². The van der Waals surface area contributed by atoms with Crippen molar-refractivity contribution in [3.63, 3.8) is 0 Å². The van der Waals surface area contributed by atoms with Crippen LogP contribution in [0, 0.1) is 0 Å². The largest absolute Gasteiger partial charge is 0.507 e. The maximum atomic E-state index is 13.1. The van der Waals surface area contributed by atoms with E-state index in [1.165, 1.54) is 4.90 Å². The van der Waals surface area contributed by atoms with Crippen molar-refractivity contribution in [3.05, 3.63) is 101 Å². The third-order valence-corrected chi connectivity index (χ3v) is 5.82. The molecule has 0 saturated carbocycles. The van der Waals surface area contributed by atoms with Gasteiger partial charge < -0.3 is 19.5 Å². The molecule has 0 aromatic heterocycles. The first-order valence-corrected chi connectivity index (χ1v) is 10.6. The number of carbonyl (C=O) groups is 2. The number of carbonyl (C=O) groups excluding carboxylic acids is 2. The van der Waals surface area contributed by atoms with Crippen LogP contribution in [0.2, 0.25) is 0 Å². The topological polar surface area (TPSA) is 76.1 Å². The molecule has 168 valence electrons. The number of amides is 1. The smallest absolute Gasteiger partial charge is 0.295 e. The van der Waals surface area contributed by atoms with Gasteiger partial charge in [0.05, 0.1) is 25.8 Å². The van der Waals surface area contributed by atoms with Crippen molar-refractivity contribution in [3.8, 4) is 11.5 Å². The molecule has 6 heteroatoms. The van der Waals surface area contributed by atoms with Crippen molar-refractivity contribution in [1.82, 2.24) is 4.90 Å². The van der Waals surface area contributed by atoms with Gasteiger partial charge in [0.2, 0.25) is 0 Å². The van der Waals surface area contributed by atoms with Gasteiger partial charge in [-0.05, 0) is 53.9 Å². The highest BCUT2D eigenvalue weighted by Gasteiger charge is 2.45. The Bertz CT molecular complexity index is 1170. The molecule has 1 fully saturated rings. The highest BCUT2D eigenvalue weighted by Crippen LogP contribution is 2.40. The fraction of sp³-hybridized carbons (Fsp3) is 0.185. The van der Waals surface area contributed by atoms with Crippen molar-refractivity contribution in [2.24, 2.45) is 0 Å². The molecule has 1 saturated heterocycles. The van der Waals surface area contributed by atoms with Crippen molar-refractivity contribution < 1.29 is 24.2 Å². The number of hydrogen-bond donors (Lipinski definition) is 1. The second kappa shape index (κ2) is 9.61. The Balaban J connectivity index is 1.77. The van der Waals surface area contributed by atoms with Gasteiger partial charge in [0.15, 0.2) is 0 Å². The number of aliphatic hydroxyl groups excluding tert-OH is 1. The zero-order chi connectivity index (χ0) is 23.4.